The van der Waals surface area contributed by atoms with Crippen LogP contribution in [-0.2, 0) is 4.79 Å². The minimum absolute atomic E-state index is 0. The molecule has 0 aromatic heterocycles. The standard InChI is InChI=1S/C22H33N3O2.ClH/c1-22(21(27)24-19(15-23)17-9-4-2-5-10-17)13-8-14-25(16-22)20(26)18-11-6-3-7-12-18;/h3,6-7,11-12,17,19H,2,4-5,8-10,13-16,23H2,1H3,(H,24,27);1H. The Kier molecular flexibility index (Phi) is 8.32. The summed E-state index contributed by atoms with van der Waals surface area (Å²) in [4.78, 5) is 27.8. The van der Waals surface area contributed by atoms with Crippen LogP contribution >= 0.6 is 12.4 Å². The molecule has 6 heteroatoms. The normalized spacial score (nSPS) is 24.1. The van der Waals surface area contributed by atoms with E-state index in [2.05, 4.69) is 5.32 Å². The average Bonchev–Trinajstić information content (AvgIpc) is 2.72. The van der Waals surface area contributed by atoms with Crippen LogP contribution in [0.2, 0.25) is 0 Å². The second kappa shape index (κ2) is 10.3. The molecule has 0 bridgehead atoms. The van der Waals surface area contributed by atoms with E-state index in [1.54, 1.807) is 0 Å². The Morgan fingerprint density at radius 3 is 2.50 bits per heavy atom. The highest BCUT2D eigenvalue weighted by molar-refractivity contribution is 5.95. The Morgan fingerprint density at radius 1 is 1.18 bits per heavy atom. The van der Waals surface area contributed by atoms with Gasteiger partial charge < -0.3 is 16.0 Å². The minimum Gasteiger partial charge on any atom is -0.351 e. The van der Waals surface area contributed by atoms with Gasteiger partial charge in [0.2, 0.25) is 5.91 Å². The molecule has 0 spiro atoms. The number of nitrogens with zero attached hydrogens (tertiary/aromatic N) is 1. The molecule has 2 unspecified atom stereocenters. The van der Waals surface area contributed by atoms with Crippen LogP contribution in [0.3, 0.4) is 0 Å². The maximum Gasteiger partial charge on any atom is 0.253 e. The average molecular weight is 408 g/mol. The number of likely N-dealkylation sites (tertiary alicyclic amines) is 1. The predicted molar refractivity (Wildman–Crippen MR) is 114 cm³/mol. The van der Waals surface area contributed by atoms with Crippen molar-refractivity contribution in [2.45, 2.75) is 57.9 Å². The number of nitrogens with two attached hydrogens (primary N) is 1. The summed E-state index contributed by atoms with van der Waals surface area (Å²) in [6.07, 6.45) is 7.70. The zero-order valence-electron chi connectivity index (χ0n) is 16.9. The van der Waals surface area contributed by atoms with Gasteiger partial charge in [-0.2, -0.15) is 0 Å². The maximum absolute atomic E-state index is 13.1. The summed E-state index contributed by atoms with van der Waals surface area (Å²) in [6, 6.07) is 9.37. The van der Waals surface area contributed by atoms with Crippen LogP contribution in [0.1, 0.15) is 62.2 Å². The molecular weight excluding hydrogens is 374 g/mol. The highest BCUT2D eigenvalue weighted by atomic mass is 35.5. The van der Waals surface area contributed by atoms with Gasteiger partial charge in [0.25, 0.3) is 5.91 Å². The fourth-order valence-electron chi connectivity index (χ4n) is 4.61. The van der Waals surface area contributed by atoms with Crippen molar-refractivity contribution < 1.29 is 9.59 Å². The SMILES string of the molecule is CC1(C(=O)NC(CN)C2CCCCC2)CCCN(C(=O)c2ccccc2)C1.Cl. The predicted octanol–water partition coefficient (Wildman–Crippen LogP) is 3.37. The quantitative estimate of drug-likeness (QED) is 0.785. The number of carbonyl (C=O) groups excluding carboxylic acids is 2. The molecule has 2 fully saturated rings. The minimum atomic E-state index is -0.551. The van der Waals surface area contributed by atoms with Gasteiger partial charge >= 0.3 is 0 Å². The highest BCUT2D eigenvalue weighted by Crippen LogP contribution is 2.32. The van der Waals surface area contributed by atoms with Crippen LogP contribution in [-0.4, -0.2) is 42.4 Å². The number of halogens is 1. The van der Waals surface area contributed by atoms with E-state index in [1.807, 2.05) is 42.2 Å². The molecule has 1 aliphatic carbocycles. The summed E-state index contributed by atoms with van der Waals surface area (Å²) >= 11 is 0. The largest absolute Gasteiger partial charge is 0.351 e. The topological polar surface area (TPSA) is 75.4 Å². The summed E-state index contributed by atoms with van der Waals surface area (Å²) in [5, 5.41) is 3.24. The molecule has 1 aromatic rings. The van der Waals surface area contributed by atoms with E-state index in [1.165, 1.54) is 19.3 Å². The Hall–Kier alpha value is -1.59. The first-order valence-corrected chi connectivity index (χ1v) is 10.4. The summed E-state index contributed by atoms with van der Waals surface area (Å²) in [5.74, 6) is 0.549. The summed E-state index contributed by atoms with van der Waals surface area (Å²) < 4.78 is 0. The smallest absolute Gasteiger partial charge is 0.253 e. The molecule has 1 heterocycles. The molecular formula is C22H34ClN3O2. The third-order valence-corrected chi connectivity index (χ3v) is 6.34. The highest BCUT2D eigenvalue weighted by Gasteiger charge is 2.40. The van der Waals surface area contributed by atoms with Crippen molar-refractivity contribution >= 4 is 24.2 Å². The van der Waals surface area contributed by atoms with Crippen LogP contribution in [0.15, 0.2) is 30.3 Å². The zero-order valence-corrected chi connectivity index (χ0v) is 17.7. The molecule has 156 valence electrons. The van der Waals surface area contributed by atoms with E-state index in [0.717, 1.165) is 25.7 Å². The van der Waals surface area contributed by atoms with Crippen LogP contribution in [0, 0.1) is 11.3 Å². The molecule has 3 rings (SSSR count). The molecule has 1 saturated heterocycles. The Morgan fingerprint density at radius 2 is 1.86 bits per heavy atom. The second-order valence-electron chi connectivity index (χ2n) is 8.47. The lowest BCUT2D eigenvalue weighted by Gasteiger charge is -2.41. The Bertz CT molecular complexity index is 648. The number of amides is 2. The van der Waals surface area contributed by atoms with Gasteiger partial charge in [0.15, 0.2) is 0 Å². The number of piperidine rings is 1. The number of nitrogens with one attached hydrogen (secondary N) is 1. The van der Waals surface area contributed by atoms with E-state index >= 15 is 0 Å². The first-order valence-electron chi connectivity index (χ1n) is 10.4. The summed E-state index contributed by atoms with van der Waals surface area (Å²) in [6.45, 7) is 3.65. The van der Waals surface area contributed by atoms with Gasteiger partial charge in [-0.25, -0.2) is 0 Å². The lowest BCUT2D eigenvalue weighted by atomic mass is 9.79. The first kappa shape index (κ1) is 22.7. The molecule has 28 heavy (non-hydrogen) atoms. The second-order valence-corrected chi connectivity index (χ2v) is 8.47. The van der Waals surface area contributed by atoms with Crippen molar-refractivity contribution in [2.75, 3.05) is 19.6 Å². The fraction of sp³-hybridized carbons (Fsp3) is 0.636. The van der Waals surface area contributed by atoms with Gasteiger partial charge in [-0.3, -0.25) is 9.59 Å². The van der Waals surface area contributed by atoms with Gasteiger partial charge in [-0.05, 0) is 50.7 Å². The third kappa shape index (κ3) is 5.26. The van der Waals surface area contributed by atoms with Crippen LogP contribution in [0.25, 0.3) is 0 Å². The van der Waals surface area contributed by atoms with Crippen molar-refractivity contribution in [3.8, 4) is 0 Å². The van der Waals surface area contributed by atoms with Gasteiger partial charge in [0.1, 0.15) is 0 Å². The Labute approximate surface area is 174 Å². The van der Waals surface area contributed by atoms with Gasteiger partial charge in [0.05, 0.1) is 5.41 Å². The van der Waals surface area contributed by atoms with E-state index in [4.69, 9.17) is 5.73 Å². The molecule has 0 radical (unpaired) electrons. The monoisotopic (exact) mass is 407 g/mol. The van der Waals surface area contributed by atoms with Gasteiger partial charge in [-0.15, -0.1) is 12.4 Å². The van der Waals surface area contributed by atoms with Crippen molar-refractivity contribution in [3.63, 3.8) is 0 Å². The van der Waals surface area contributed by atoms with Crippen molar-refractivity contribution in [2.24, 2.45) is 17.1 Å². The molecule has 3 N–H and O–H groups in total. The lowest BCUT2D eigenvalue weighted by Crippen LogP contribution is -2.56. The third-order valence-electron chi connectivity index (χ3n) is 6.34. The molecule has 1 saturated carbocycles. The van der Waals surface area contributed by atoms with Crippen LogP contribution in [0.4, 0.5) is 0 Å². The van der Waals surface area contributed by atoms with Gasteiger partial charge in [-0.1, -0.05) is 37.5 Å². The van der Waals surface area contributed by atoms with Crippen molar-refractivity contribution in [3.05, 3.63) is 35.9 Å². The molecule has 2 amide bonds. The van der Waals surface area contributed by atoms with Crippen LogP contribution < -0.4 is 11.1 Å². The van der Waals surface area contributed by atoms with Crippen molar-refractivity contribution in [1.29, 1.82) is 0 Å². The summed E-state index contributed by atoms with van der Waals surface area (Å²) in [5.41, 5.74) is 6.13. The number of rotatable bonds is 5. The molecule has 5 nitrogen and oxygen atoms in total. The van der Waals surface area contributed by atoms with E-state index in [0.29, 0.717) is 31.1 Å². The van der Waals surface area contributed by atoms with Crippen LogP contribution in [0.5, 0.6) is 0 Å². The molecule has 2 atom stereocenters. The van der Waals surface area contributed by atoms with Crippen molar-refractivity contribution in [1.82, 2.24) is 10.2 Å². The van der Waals surface area contributed by atoms with E-state index in [-0.39, 0.29) is 30.3 Å². The molecule has 1 aromatic carbocycles. The fourth-order valence-corrected chi connectivity index (χ4v) is 4.61. The molecule has 1 aliphatic heterocycles. The lowest BCUT2D eigenvalue weighted by molar-refractivity contribution is -0.133. The molecule has 2 aliphatic rings. The first-order chi connectivity index (χ1) is 13.0. The number of benzene rings is 1. The van der Waals surface area contributed by atoms with E-state index in [9.17, 15) is 9.59 Å². The maximum atomic E-state index is 13.1. The number of hydrogen-bond acceptors (Lipinski definition) is 3. The number of carbonyl (C=O) groups is 2. The van der Waals surface area contributed by atoms with E-state index < -0.39 is 5.41 Å². The Balaban J connectivity index is 0.00000280. The zero-order chi connectivity index (χ0) is 19.3. The summed E-state index contributed by atoms with van der Waals surface area (Å²) in [7, 11) is 0. The van der Waals surface area contributed by atoms with Gasteiger partial charge in [0, 0.05) is 31.2 Å². The number of hydrogen-bond donors (Lipinski definition) is 2.